The number of hydrogen-bond acceptors (Lipinski definition) is 3. The number of fused-ring (bicyclic) bond motifs is 10. The Balaban J connectivity index is 1.05. The van der Waals surface area contributed by atoms with Gasteiger partial charge < -0.3 is 0 Å². The van der Waals surface area contributed by atoms with Crippen molar-refractivity contribution in [3.63, 3.8) is 0 Å². The van der Waals surface area contributed by atoms with Gasteiger partial charge in [-0.05, 0) is 78.5 Å². The van der Waals surface area contributed by atoms with Gasteiger partial charge in [0.2, 0.25) is 0 Å². The Hall–Kier alpha value is -8.01. The summed E-state index contributed by atoms with van der Waals surface area (Å²) in [4.78, 5) is 16.1. The lowest BCUT2D eigenvalue weighted by Crippen LogP contribution is -1.97. The van der Waals surface area contributed by atoms with Crippen molar-refractivity contribution >= 4 is 64.8 Å². The number of aromatic nitrogens is 3. The number of pyridine rings is 1. The molecule has 0 aliphatic heterocycles. The maximum atomic E-state index is 5.43. The van der Waals surface area contributed by atoms with Crippen LogP contribution in [-0.4, -0.2) is 15.0 Å². The summed E-state index contributed by atoms with van der Waals surface area (Å²) in [6.07, 6.45) is 0. The van der Waals surface area contributed by atoms with E-state index in [1.54, 1.807) is 0 Å². The average Bonchev–Trinajstić information content (AvgIpc) is 3.33. The fraction of sp³-hybridized carbons (Fsp3) is 0. The molecule has 0 unspecified atom stereocenters. The lowest BCUT2D eigenvalue weighted by atomic mass is 9.89. The van der Waals surface area contributed by atoms with E-state index in [1.165, 1.54) is 43.1 Å². The van der Waals surface area contributed by atoms with Gasteiger partial charge in [0.25, 0.3) is 0 Å². The van der Waals surface area contributed by atoms with Crippen LogP contribution in [0.15, 0.2) is 212 Å². The third-order valence-electron chi connectivity index (χ3n) is 12.0. The Kier molecular flexibility index (Phi) is 7.85. The fourth-order valence-corrected chi connectivity index (χ4v) is 9.27. The molecule has 12 rings (SSSR count). The second kappa shape index (κ2) is 13.8. The van der Waals surface area contributed by atoms with E-state index >= 15 is 0 Å². The molecule has 0 N–H and O–H groups in total. The van der Waals surface area contributed by atoms with Crippen molar-refractivity contribution in [3.8, 4) is 56.3 Å². The van der Waals surface area contributed by atoms with Crippen LogP contribution >= 0.6 is 0 Å². The molecule has 2 heterocycles. The van der Waals surface area contributed by atoms with Crippen LogP contribution in [0, 0.1) is 0 Å². The van der Waals surface area contributed by atoms with Crippen LogP contribution in [0.1, 0.15) is 0 Å². The van der Waals surface area contributed by atoms with Crippen LogP contribution in [-0.2, 0) is 0 Å². The second-order valence-electron chi connectivity index (χ2n) is 15.5. The van der Waals surface area contributed by atoms with E-state index in [2.05, 4.69) is 212 Å². The molecule has 0 atom stereocenters. The lowest BCUT2D eigenvalue weighted by Gasteiger charge is -2.16. The monoisotopic (exact) mass is 761 g/mol. The lowest BCUT2D eigenvalue weighted by molar-refractivity contribution is 1.19. The first-order valence-corrected chi connectivity index (χ1v) is 20.4. The topological polar surface area (TPSA) is 38.7 Å². The zero-order valence-electron chi connectivity index (χ0n) is 32.5. The molecule has 2 aromatic heterocycles. The van der Waals surface area contributed by atoms with Gasteiger partial charge in [-0.2, -0.15) is 0 Å². The van der Waals surface area contributed by atoms with Crippen LogP contribution < -0.4 is 0 Å². The third kappa shape index (κ3) is 5.55. The zero-order valence-corrected chi connectivity index (χ0v) is 32.5. The molecule has 0 bridgehead atoms. The minimum absolute atomic E-state index is 0.682. The van der Waals surface area contributed by atoms with Gasteiger partial charge in [-0.25, -0.2) is 15.0 Å². The van der Waals surface area contributed by atoms with E-state index < -0.39 is 0 Å². The van der Waals surface area contributed by atoms with Gasteiger partial charge in [-0.3, -0.25) is 0 Å². The predicted octanol–water partition coefficient (Wildman–Crippen LogP) is 15.1. The van der Waals surface area contributed by atoms with E-state index in [4.69, 9.17) is 15.0 Å². The maximum absolute atomic E-state index is 5.43. The molecule has 3 nitrogen and oxygen atoms in total. The normalized spacial score (nSPS) is 11.7. The molecule has 60 heavy (non-hydrogen) atoms. The summed E-state index contributed by atoms with van der Waals surface area (Å²) in [5.41, 5.74) is 10.1. The van der Waals surface area contributed by atoms with E-state index in [9.17, 15) is 0 Å². The number of para-hydroxylation sites is 1. The van der Waals surface area contributed by atoms with E-state index in [0.717, 1.165) is 72.1 Å². The predicted molar refractivity (Wildman–Crippen MR) is 252 cm³/mol. The SMILES string of the molecule is c1cc(-c2cccc(-c3nc4ccccc4c4c5ccccc5c5ccccc5c34)c2)cc(-c2nc(-c3cccc4ccccc34)cc(-c3cccc4ccccc34)n2)c1. The molecule has 0 saturated carbocycles. The summed E-state index contributed by atoms with van der Waals surface area (Å²) >= 11 is 0. The van der Waals surface area contributed by atoms with Crippen molar-refractivity contribution in [3.05, 3.63) is 212 Å². The summed E-state index contributed by atoms with van der Waals surface area (Å²) in [5.74, 6) is 0.682. The molecular formula is C57H35N3. The summed E-state index contributed by atoms with van der Waals surface area (Å²) in [7, 11) is 0. The average molecular weight is 762 g/mol. The van der Waals surface area contributed by atoms with Crippen molar-refractivity contribution in [1.82, 2.24) is 15.0 Å². The van der Waals surface area contributed by atoms with Crippen LogP contribution in [0.2, 0.25) is 0 Å². The zero-order chi connectivity index (χ0) is 39.6. The Labute approximate surface area is 346 Å². The van der Waals surface area contributed by atoms with Gasteiger partial charge in [-0.15, -0.1) is 0 Å². The number of nitrogens with zero attached hydrogens (tertiary/aromatic N) is 3. The van der Waals surface area contributed by atoms with Crippen molar-refractivity contribution in [1.29, 1.82) is 0 Å². The Morgan fingerprint density at radius 2 is 0.700 bits per heavy atom. The molecule has 3 heteroatoms. The highest BCUT2D eigenvalue weighted by Crippen LogP contribution is 2.43. The summed E-state index contributed by atoms with van der Waals surface area (Å²) in [6.45, 7) is 0. The first kappa shape index (κ1) is 34.1. The van der Waals surface area contributed by atoms with Gasteiger partial charge in [0, 0.05) is 38.4 Å². The van der Waals surface area contributed by atoms with Crippen LogP contribution in [0.4, 0.5) is 0 Å². The van der Waals surface area contributed by atoms with Crippen LogP contribution in [0.25, 0.3) is 121 Å². The van der Waals surface area contributed by atoms with Gasteiger partial charge in [-0.1, -0.05) is 188 Å². The molecule has 0 saturated heterocycles. The molecular weight excluding hydrogens is 727 g/mol. The fourth-order valence-electron chi connectivity index (χ4n) is 9.27. The molecule has 0 fully saturated rings. The van der Waals surface area contributed by atoms with Gasteiger partial charge in [0.1, 0.15) is 0 Å². The summed E-state index contributed by atoms with van der Waals surface area (Å²) in [6, 6.07) is 75.6. The highest BCUT2D eigenvalue weighted by Gasteiger charge is 2.19. The van der Waals surface area contributed by atoms with Gasteiger partial charge in [0.05, 0.1) is 22.6 Å². The summed E-state index contributed by atoms with van der Waals surface area (Å²) in [5, 5.41) is 13.2. The molecule has 0 aliphatic rings. The second-order valence-corrected chi connectivity index (χ2v) is 15.5. The molecule has 0 spiro atoms. The van der Waals surface area contributed by atoms with Gasteiger partial charge in [0.15, 0.2) is 5.82 Å². The largest absolute Gasteiger partial charge is 0.247 e. The van der Waals surface area contributed by atoms with Crippen molar-refractivity contribution in [2.45, 2.75) is 0 Å². The smallest absolute Gasteiger partial charge is 0.160 e. The molecule has 10 aromatic carbocycles. The Morgan fingerprint density at radius 1 is 0.267 bits per heavy atom. The minimum atomic E-state index is 0.682. The van der Waals surface area contributed by atoms with E-state index in [1.807, 2.05) is 0 Å². The van der Waals surface area contributed by atoms with E-state index in [-0.39, 0.29) is 0 Å². The Morgan fingerprint density at radius 3 is 1.32 bits per heavy atom. The first-order valence-electron chi connectivity index (χ1n) is 20.4. The van der Waals surface area contributed by atoms with Gasteiger partial charge >= 0.3 is 0 Å². The number of rotatable bonds is 5. The molecule has 0 radical (unpaired) electrons. The minimum Gasteiger partial charge on any atom is -0.247 e. The molecule has 278 valence electrons. The molecule has 12 aromatic rings. The van der Waals surface area contributed by atoms with Crippen LogP contribution in [0.5, 0.6) is 0 Å². The van der Waals surface area contributed by atoms with Crippen molar-refractivity contribution in [2.75, 3.05) is 0 Å². The highest BCUT2D eigenvalue weighted by molar-refractivity contribution is 6.33. The highest BCUT2D eigenvalue weighted by atomic mass is 14.9. The maximum Gasteiger partial charge on any atom is 0.160 e. The standard InChI is InChI=1S/C57H35N3/c1-3-23-42-36(15-1)17-13-30-46(42)52-35-53(47-31-14-18-37-16-2-4-24-43(37)47)60-57(59-52)41-22-12-20-39(34-41)38-19-11-21-40(33-38)56-55-49-28-8-6-26-45(49)44-25-5-7-27-48(44)54(55)50-29-9-10-32-51(50)58-56/h1-35H. The quantitative estimate of drug-likeness (QED) is 0.164. The Bertz CT molecular complexity index is 3570. The number of benzene rings is 10. The van der Waals surface area contributed by atoms with Crippen molar-refractivity contribution in [2.24, 2.45) is 0 Å². The summed E-state index contributed by atoms with van der Waals surface area (Å²) < 4.78 is 0. The van der Waals surface area contributed by atoms with E-state index in [0.29, 0.717) is 5.82 Å². The third-order valence-corrected chi connectivity index (χ3v) is 12.0. The molecule has 0 amide bonds. The number of hydrogen-bond donors (Lipinski definition) is 0. The van der Waals surface area contributed by atoms with Crippen molar-refractivity contribution < 1.29 is 0 Å². The first-order chi connectivity index (χ1) is 29.7. The molecule has 0 aliphatic carbocycles. The van der Waals surface area contributed by atoms with Crippen LogP contribution in [0.3, 0.4) is 0 Å².